The molecule has 1 aliphatic heterocycles. The van der Waals surface area contributed by atoms with E-state index in [2.05, 4.69) is 28.8 Å². The second-order valence-corrected chi connectivity index (χ2v) is 6.92. The number of ether oxygens (including phenoxy) is 1. The topological polar surface area (TPSA) is 54.4 Å². The van der Waals surface area contributed by atoms with Crippen LogP contribution in [-0.4, -0.2) is 46.6 Å². The summed E-state index contributed by atoms with van der Waals surface area (Å²) in [4.78, 5) is 18.5. The molecule has 0 amide bonds. The second-order valence-electron chi connectivity index (χ2n) is 6.92. The van der Waals surface area contributed by atoms with Gasteiger partial charge in [0.15, 0.2) is 5.82 Å². The molecular weight excluding hydrogens is 350 g/mol. The van der Waals surface area contributed by atoms with Gasteiger partial charge in [-0.15, -0.1) is 0 Å². The van der Waals surface area contributed by atoms with Crippen molar-refractivity contribution in [3.8, 4) is 17.1 Å². The smallest absolute Gasteiger partial charge is 0.163 e. The van der Waals surface area contributed by atoms with Crippen molar-refractivity contribution in [2.75, 3.05) is 31.6 Å². The van der Waals surface area contributed by atoms with Crippen LogP contribution in [0.2, 0.25) is 0 Å². The van der Waals surface area contributed by atoms with Crippen molar-refractivity contribution in [1.29, 1.82) is 0 Å². The van der Waals surface area contributed by atoms with Gasteiger partial charge in [0.25, 0.3) is 0 Å². The van der Waals surface area contributed by atoms with E-state index in [4.69, 9.17) is 14.7 Å². The van der Waals surface area contributed by atoms with Crippen LogP contribution >= 0.6 is 0 Å². The monoisotopic (exact) mass is 375 g/mol. The van der Waals surface area contributed by atoms with Crippen LogP contribution in [0.4, 0.5) is 5.82 Å². The predicted octanol–water partition coefficient (Wildman–Crippen LogP) is 3.39. The molecule has 4 rings (SSSR count). The summed E-state index contributed by atoms with van der Waals surface area (Å²) in [6, 6.07) is 13.8. The van der Waals surface area contributed by atoms with Crippen molar-refractivity contribution >= 4 is 5.82 Å². The van der Waals surface area contributed by atoms with Crippen LogP contribution in [0.3, 0.4) is 0 Å². The SMILES string of the molecule is CCN1Cc2nc(-c3cccnc3)nc(N(C)CCOc3ccccc3)c2C1. The van der Waals surface area contributed by atoms with Crippen LogP contribution in [0.25, 0.3) is 11.4 Å². The highest BCUT2D eigenvalue weighted by Gasteiger charge is 2.26. The van der Waals surface area contributed by atoms with Gasteiger partial charge < -0.3 is 9.64 Å². The Balaban J connectivity index is 1.57. The molecule has 144 valence electrons. The molecular formula is C22H25N5O. The minimum absolute atomic E-state index is 0.596. The van der Waals surface area contributed by atoms with E-state index in [1.807, 2.05) is 48.7 Å². The lowest BCUT2D eigenvalue weighted by molar-refractivity contribution is 0.299. The summed E-state index contributed by atoms with van der Waals surface area (Å²) in [7, 11) is 2.07. The third-order valence-electron chi connectivity index (χ3n) is 4.99. The summed E-state index contributed by atoms with van der Waals surface area (Å²) in [5, 5.41) is 0. The first-order chi connectivity index (χ1) is 13.7. The number of anilines is 1. The van der Waals surface area contributed by atoms with Crippen molar-refractivity contribution in [1.82, 2.24) is 19.9 Å². The fraction of sp³-hybridized carbons (Fsp3) is 0.318. The first-order valence-electron chi connectivity index (χ1n) is 9.66. The van der Waals surface area contributed by atoms with Gasteiger partial charge in [-0.3, -0.25) is 9.88 Å². The van der Waals surface area contributed by atoms with Crippen molar-refractivity contribution in [2.24, 2.45) is 0 Å². The molecule has 2 aromatic heterocycles. The number of aromatic nitrogens is 3. The third-order valence-corrected chi connectivity index (χ3v) is 4.99. The molecule has 1 aliphatic rings. The molecule has 0 bridgehead atoms. The van der Waals surface area contributed by atoms with E-state index < -0.39 is 0 Å². The molecule has 0 saturated carbocycles. The summed E-state index contributed by atoms with van der Waals surface area (Å²) in [6.45, 7) is 6.27. The summed E-state index contributed by atoms with van der Waals surface area (Å²) < 4.78 is 5.87. The minimum Gasteiger partial charge on any atom is -0.492 e. The largest absolute Gasteiger partial charge is 0.492 e. The van der Waals surface area contributed by atoms with Gasteiger partial charge in [-0.05, 0) is 30.8 Å². The first-order valence-corrected chi connectivity index (χ1v) is 9.66. The van der Waals surface area contributed by atoms with Gasteiger partial charge in [-0.2, -0.15) is 0 Å². The van der Waals surface area contributed by atoms with Gasteiger partial charge >= 0.3 is 0 Å². The predicted molar refractivity (Wildman–Crippen MR) is 110 cm³/mol. The molecule has 0 spiro atoms. The number of rotatable bonds is 7. The summed E-state index contributed by atoms with van der Waals surface area (Å²) in [5.74, 6) is 2.60. The zero-order chi connectivity index (χ0) is 19.3. The highest BCUT2D eigenvalue weighted by molar-refractivity contribution is 5.60. The van der Waals surface area contributed by atoms with E-state index in [1.54, 1.807) is 6.20 Å². The summed E-state index contributed by atoms with van der Waals surface area (Å²) >= 11 is 0. The molecule has 6 heteroatoms. The Hall–Kier alpha value is -2.99. The van der Waals surface area contributed by atoms with Crippen molar-refractivity contribution in [2.45, 2.75) is 20.0 Å². The summed E-state index contributed by atoms with van der Waals surface area (Å²) in [5.41, 5.74) is 3.27. The number of hydrogen-bond acceptors (Lipinski definition) is 6. The quantitative estimate of drug-likeness (QED) is 0.631. The standard InChI is InChI=1S/C22H25N5O/c1-3-27-15-19-20(16-27)24-21(17-8-7-11-23-14-17)25-22(19)26(2)12-13-28-18-9-5-4-6-10-18/h4-11,14H,3,12-13,15-16H2,1-2H3. The Labute approximate surface area is 165 Å². The number of para-hydroxylation sites is 1. The van der Waals surface area contributed by atoms with E-state index in [0.717, 1.165) is 54.8 Å². The maximum absolute atomic E-state index is 5.87. The first kappa shape index (κ1) is 18.4. The van der Waals surface area contributed by atoms with Crippen LogP contribution in [0, 0.1) is 0 Å². The fourth-order valence-corrected chi connectivity index (χ4v) is 3.39. The molecule has 3 aromatic rings. The van der Waals surface area contributed by atoms with E-state index in [1.165, 1.54) is 5.56 Å². The Morgan fingerprint density at radius 3 is 2.68 bits per heavy atom. The van der Waals surface area contributed by atoms with E-state index in [-0.39, 0.29) is 0 Å². The Morgan fingerprint density at radius 1 is 1.07 bits per heavy atom. The van der Waals surface area contributed by atoms with Crippen molar-refractivity contribution < 1.29 is 4.74 Å². The average molecular weight is 375 g/mol. The number of benzene rings is 1. The lowest BCUT2D eigenvalue weighted by Gasteiger charge is -2.22. The lowest BCUT2D eigenvalue weighted by Crippen LogP contribution is -2.26. The number of fused-ring (bicyclic) bond motifs is 1. The van der Waals surface area contributed by atoms with Gasteiger partial charge in [-0.25, -0.2) is 9.97 Å². The van der Waals surface area contributed by atoms with E-state index >= 15 is 0 Å². The van der Waals surface area contributed by atoms with Gasteiger partial charge in [0.05, 0.1) is 12.2 Å². The molecule has 0 atom stereocenters. The van der Waals surface area contributed by atoms with Crippen molar-refractivity contribution in [3.05, 3.63) is 66.1 Å². The molecule has 28 heavy (non-hydrogen) atoms. The number of hydrogen-bond donors (Lipinski definition) is 0. The van der Waals surface area contributed by atoms with Crippen molar-refractivity contribution in [3.63, 3.8) is 0 Å². The lowest BCUT2D eigenvalue weighted by atomic mass is 10.2. The highest BCUT2D eigenvalue weighted by atomic mass is 16.5. The fourth-order valence-electron chi connectivity index (χ4n) is 3.39. The molecule has 0 radical (unpaired) electrons. The molecule has 0 fully saturated rings. The van der Waals surface area contributed by atoms with Crippen LogP contribution in [-0.2, 0) is 13.1 Å². The summed E-state index contributed by atoms with van der Waals surface area (Å²) in [6.07, 6.45) is 3.58. The van der Waals surface area contributed by atoms with Crippen LogP contribution < -0.4 is 9.64 Å². The maximum atomic E-state index is 5.87. The van der Waals surface area contributed by atoms with E-state index in [0.29, 0.717) is 6.61 Å². The molecule has 0 saturated heterocycles. The Morgan fingerprint density at radius 2 is 1.93 bits per heavy atom. The van der Waals surface area contributed by atoms with E-state index in [9.17, 15) is 0 Å². The number of nitrogens with zero attached hydrogens (tertiary/aromatic N) is 5. The molecule has 1 aromatic carbocycles. The van der Waals surface area contributed by atoms with Gasteiger partial charge in [0.1, 0.15) is 18.2 Å². The van der Waals surface area contributed by atoms with Gasteiger partial charge in [0.2, 0.25) is 0 Å². The number of pyridine rings is 1. The molecule has 6 nitrogen and oxygen atoms in total. The van der Waals surface area contributed by atoms with Crippen LogP contribution in [0.1, 0.15) is 18.2 Å². The molecule has 0 aliphatic carbocycles. The van der Waals surface area contributed by atoms with Gasteiger partial charge in [0, 0.05) is 43.7 Å². The zero-order valence-corrected chi connectivity index (χ0v) is 16.4. The second kappa shape index (κ2) is 8.35. The molecule has 0 unspecified atom stereocenters. The van der Waals surface area contributed by atoms with Crippen LogP contribution in [0.5, 0.6) is 5.75 Å². The third kappa shape index (κ3) is 3.97. The molecule has 0 N–H and O–H groups in total. The Kier molecular flexibility index (Phi) is 5.48. The maximum Gasteiger partial charge on any atom is 0.163 e. The average Bonchev–Trinajstić information content (AvgIpc) is 3.17. The normalized spacial score (nSPS) is 13.4. The Bertz CT molecular complexity index is 917. The highest BCUT2D eigenvalue weighted by Crippen LogP contribution is 2.31. The minimum atomic E-state index is 0.596. The van der Waals surface area contributed by atoms with Crippen LogP contribution in [0.15, 0.2) is 54.9 Å². The molecule has 3 heterocycles. The number of likely N-dealkylation sites (N-methyl/N-ethyl adjacent to an activating group) is 1. The zero-order valence-electron chi connectivity index (χ0n) is 16.4. The van der Waals surface area contributed by atoms with Gasteiger partial charge in [-0.1, -0.05) is 25.1 Å².